The molecule has 0 aliphatic carbocycles. The van der Waals surface area contributed by atoms with Gasteiger partial charge in [0.05, 0.1) is 6.61 Å². The number of carbonyl (C=O) groups is 1. The number of likely N-dealkylation sites (tertiary alicyclic amines) is 1. The molecule has 14 heavy (non-hydrogen) atoms. The minimum absolute atomic E-state index is 0. The van der Waals surface area contributed by atoms with Crippen LogP contribution in [0.1, 0.15) is 6.42 Å². The van der Waals surface area contributed by atoms with Crippen molar-refractivity contribution in [3.8, 4) is 0 Å². The summed E-state index contributed by atoms with van der Waals surface area (Å²) in [5.41, 5.74) is -1.24. The van der Waals surface area contributed by atoms with Crippen LogP contribution in [0.5, 0.6) is 0 Å². The predicted molar refractivity (Wildman–Crippen MR) is 61.5 cm³/mol. The number of aliphatic hydroxyl groups excluding tert-OH is 1. The summed E-state index contributed by atoms with van der Waals surface area (Å²) in [6, 6.07) is -0.679. The first kappa shape index (κ1) is 16.5. The average Bonchev–Trinajstić information content (AvgIpc) is 2.28. The smallest absolute Gasteiger partial charge is 0.321 e. The van der Waals surface area contributed by atoms with Crippen molar-refractivity contribution in [2.24, 2.45) is 0 Å². The molecule has 86 valence electrons. The SMILES string of the molecule is CN1C[C@](O)(CO)C[C@H]1C(=O)O.S.S. The number of carboxylic acid groups (broad SMARTS) is 1. The van der Waals surface area contributed by atoms with E-state index in [1.165, 1.54) is 4.90 Å². The van der Waals surface area contributed by atoms with Gasteiger partial charge in [0, 0.05) is 13.0 Å². The maximum Gasteiger partial charge on any atom is 0.321 e. The monoisotopic (exact) mass is 243 g/mol. The van der Waals surface area contributed by atoms with E-state index in [-0.39, 0.29) is 46.6 Å². The van der Waals surface area contributed by atoms with E-state index < -0.39 is 17.6 Å². The Morgan fingerprint density at radius 1 is 1.57 bits per heavy atom. The molecular formula is C7H17NO4S2. The highest BCUT2D eigenvalue weighted by atomic mass is 32.1. The zero-order chi connectivity index (χ0) is 9.35. The Morgan fingerprint density at radius 3 is 2.29 bits per heavy atom. The molecule has 5 nitrogen and oxygen atoms in total. The van der Waals surface area contributed by atoms with Gasteiger partial charge in [-0.1, -0.05) is 0 Å². The first-order chi connectivity index (χ1) is 5.48. The van der Waals surface area contributed by atoms with Gasteiger partial charge in [0.15, 0.2) is 0 Å². The van der Waals surface area contributed by atoms with Crippen molar-refractivity contribution in [1.82, 2.24) is 4.90 Å². The lowest BCUT2D eigenvalue weighted by atomic mass is 10.0. The summed E-state index contributed by atoms with van der Waals surface area (Å²) in [5.74, 6) is -0.957. The molecule has 1 rings (SSSR count). The van der Waals surface area contributed by atoms with E-state index in [0.29, 0.717) is 0 Å². The number of β-amino-alcohol motifs (C(OH)–C–C–N with tert-alkyl or cyclic N) is 1. The first-order valence-electron chi connectivity index (χ1n) is 3.75. The van der Waals surface area contributed by atoms with Crippen LogP contribution in [-0.4, -0.2) is 58.0 Å². The second-order valence-electron chi connectivity index (χ2n) is 3.36. The molecule has 0 aromatic heterocycles. The molecule has 0 aromatic carbocycles. The standard InChI is InChI=1S/C7H13NO4.2H2S/c1-8-3-7(12,4-9)2-5(8)6(10)11;;/h5,9,12H,2-4H2,1H3,(H,10,11);2*1H2/t5-,7-;;/m0../s1. The highest BCUT2D eigenvalue weighted by Crippen LogP contribution is 2.25. The van der Waals surface area contributed by atoms with Gasteiger partial charge in [0.25, 0.3) is 0 Å². The molecule has 0 spiro atoms. The van der Waals surface area contributed by atoms with E-state index in [0.717, 1.165) is 0 Å². The quantitative estimate of drug-likeness (QED) is 0.563. The molecule has 0 amide bonds. The number of aliphatic hydroxyl groups is 2. The van der Waals surface area contributed by atoms with Crippen LogP contribution in [0, 0.1) is 0 Å². The van der Waals surface area contributed by atoms with E-state index in [1.807, 2.05) is 0 Å². The van der Waals surface area contributed by atoms with E-state index in [9.17, 15) is 9.90 Å². The van der Waals surface area contributed by atoms with Gasteiger partial charge < -0.3 is 15.3 Å². The Bertz CT molecular complexity index is 204. The van der Waals surface area contributed by atoms with Gasteiger partial charge in [0.1, 0.15) is 11.6 Å². The fourth-order valence-electron chi connectivity index (χ4n) is 1.55. The number of carboxylic acids is 1. The molecule has 1 fully saturated rings. The highest BCUT2D eigenvalue weighted by Gasteiger charge is 2.43. The normalized spacial score (nSPS) is 31.8. The number of hydrogen-bond donors (Lipinski definition) is 3. The van der Waals surface area contributed by atoms with Gasteiger partial charge in [-0.3, -0.25) is 9.69 Å². The summed E-state index contributed by atoms with van der Waals surface area (Å²) in [5, 5.41) is 27.0. The van der Waals surface area contributed by atoms with Crippen LogP contribution >= 0.6 is 27.0 Å². The molecule has 0 radical (unpaired) electrons. The maximum absolute atomic E-state index is 10.6. The van der Waals surface area contributed by atoms with Gasteiger partial charge in [-0.25, -0.2) is 0 Å². The second kappa shape index (κ2) is 5.82. The number of aliphatic carboxylic acids is 1. The maximum atomic E-state index is 10.6. The molecular weight excluding hydrogens is 226 g/mol. The van der Waals surface area contributed by atoms with Gasteiger partial charge in [-0.05, 0) is 7.05 Å². The molecule has 0 unspecified atom stereocenters. The number of rotatable bonds is 2. The van der Waals surface area contributed by atoms with Crippen molar-refractivity contribution >= 4 is 33.0 Å². The summed E-state index contributed by atoms with van der Waals surface area (Å²) >= 11 is 0. The minimum Gasteiger partial charge on any atom is -0.480 e. The molecule has 0 aromatic rings. The fourth-order valence-corrected chi connectivity index (χ4v) is 1.55. The van der Waals surface area contributed by atoms with E-state index >= 15 is 0 Å². The molecule has 1 aliphatic rings. The van der Waals surface area contributed by atoms with E-state index in [1.54, 1.807) is 7.05 Å². The molecule has 1 saturated heterocycles. The third-order valence-corrected chi connectivity index (χ3v) is 2.23. The topological polar surface area (TPSA) is 81.0 Å². The van der Waals surface area contributed by atoms with Crippen molar-refractivity contribution in [2.45, 2.75) is 18.1 Å². The van der Waals surface area contributed by atoms with E-state index in [4.69, 9.17) is 10.2 Å². The van der Waals surface area contributed by atoms with Crippen LogP contribution in [-0.2, 0) is 4.79 Å². The van der Waals surface area contributed by atoms with Gasteiger partial charge in [-0.15, -0.1) is 0 Å². The molecule has 3 N–H and O–H groups in total. The molecule has 0 saturated carbocycles. The Balaban J connectivity index is 0. The van der Waals surface area contributed by atoms with Crippen LogP contribution in [0.15, 0.2) is 0 Å². The summed E-state index contributed by atoms with van der Waals surface area (Å²) in [7, 11) is 1.62. The predicted octanol–water partition coefficient (Wildman–Crippen LogP) is -1.28. The minimum atomic E-state index is -1.24. The molecule has 7 heteroatoms. The lowest BCUT2D eigenvalue weighted by Crippen LogP contribution is -2.35. The lowest BCUT2D eigenvalue weighted by molar-refractivity contribution is -0.141. The molecule has 1 aliphatic heterocycles. The Hall–Kier alpha value is 0.0500. The zero-order valence-electron chi connectivity index (χ0n) is 7.90. The van der Waals surface area contributed by atoms with Crippen molar-refractivity contribution in [3.05, 3.63) is 0 Å². The highest BCUT2D eigenvalue weighted by molar-refractivity contribution is 7.59. The fraction of sp³-hybridized carbons (Fsp3) is 0.857. The van der Waals surface area contributed by atoms with Crippen LogP contribution in [0.3, 0.4) is 0 Å². The Kier molecular flexibility index (Phi) is 6.85. The zero-order valence-corrected chi connectivity index (χ0v) is 9.90. The second-order valence-corrected chi connectivity index (χ2v) is 3.36. The summed E-state index contributed by atoms with van der Waals surface area (Å²) in [4.78, 5) is 12.1. The average molecular weight is 243 g/mol. The van der Waals surface area contributed by atoms with Crippen molar-refractivity contribution in [2.75, 3.05) is 20.2 Å². The first-order valence-corrected chi connectivity index (χ1v) is 3.75. The molecule has 1 heterocycles. The third-order valence-electron chi connectivity index (χ3n) is 2.23. The molecule has 2 atom stereocenters. The third kappa shape index (κ3) is 3.32. The number of likely N-dealkylation sites (N-methyl/N-ethyl adjacent to an activating group) is 1. The summed E-state index contributed by atoms with van der Waals surface area (Å²) in [6.07, 6.45) is 0.0926. The Labute approximate surface area is 96.6 Å². The van der Waals surface area contributed by atoms with Gasteiger partial charge >= 0.3 is 5.97 Å². The molecule has 0 bridgehead atoms. The largest absolute Gasteiger partial charge is 0.480 e. The Morgan fingerprint density at radius 2 is 2.07 bits per heavy atom. The van der Waals surface area contributed by atoms with Crippen LogP contribution in [0.2, 0.25) is 0 Å². The van der Waals surface area contributed by atoms with E-state index in [2.05, 4.69) is 0 Å². The van der Waals surface area contributed by atoms with Crippen LogP contribution < -0.4 is 0 Å². The number of hydrogen-bond acceptors (Lipinski definition) is 4. The number of nitrogens with zero attached hydrogens (tertiary/aromatic N) is 1. The van der Waals surface area contributed by atoms with Crippen molar-refractivity contribution in [1.29, 1.82) is 0 Å². The summed E-state index contributed by atoms with van der Waals surface area (Å²) < 4.78 is 0. The van der Waals surface area contributed by atoms with Crippen molar-refractivity contribution in [3.63, 3.8) is 0 Å². The lowest BCUT2D eigenvalue weighted by Gasteiger charge is -2.17. The van der Waals surface area contributed by atoms with Crippen LogP contribution in [0.25, 0.3) is 0 Å². The van der Waals surface area contributed by atoms with Crippen LogP contribution in [0.4, 0.5) is 0 Å². The summed E-state index contributed by atoms with van der Waals surface area (Å²) in [6.45, 7) is -0.179. The van der Waals surface area contributed by atoms with Gasteiger partial charge in [0.2, 0.25) is 0 Å². The van der Waals surface area contributed by atoms with Gasteiger partial charge in [-0.2, -0.15) is 27.0 Å². The van der Waals surface area contributed by atoms with Crippen molar-refractivity contribution < 1.29 is 20.1 Å².